The lowest BCUT2D eigenvalue weighted by molar-refractivity contribution is 0.500. The Morgan fingerprint density at radius 3 is 2.59 bits per heavy atom. The number of hydrogen-bond acceptors (Lipinski definition) is 3. The van der Waals surface area contributed by atoms with Gasteiger partial charge >= 0.3 is 0 Å². The van der Waals surface area contributed by atoms with Crippen molar-refractivity contribution in [2.45, 2.75) is 6.42 Å². The molecule has 2 aromatic rings. The van der Waals surface area contributed by atoms with Crippen LogP contribution in [0, 0.1) is 0 Å². The molecule has 0 saturated carbocycles. The third-order valence-corrected chi connectivity index (χ3v) is 3.21. The fourth-order valence-corrected chi connectivity index (χ4v) is 2.78. The fraction of sp³-hybridized carbons (Fsp3) is 0.250. The van der Waals surface area contributed by atoms with Gasteiger partial charge in [-0.3, -0.25) is 0 Å². The van der Waals surface area contributed by atoms with Gasteiger partial charge in [0.1, 0.15) is 0 Å². The summed E-state index contributed by atoms with van der Waals surface area (Å²) in [6.07, 6.45) is 2.56. The van der Waals surface area contributed by atoms with Gasteiger partial charge < -0.3 is 9.73 Å². The lowest BCUT2D eigenvalue weighted by atomic mass is 10.2. The maximum Gasteiger partial charge on any atom is 0.196 e. The van der Waals surface area contributed by atoms with Gasteiger partial charge in [0.15, 0.2) is 11.7 Å². The topological polar surface area (TPSA) is 38.1 Å². The summed E-state index contributed by atoms with van der Waals surface area (Å²) in [4.78, 5) is 4.25. The first-order valence-electron chi connectivity index (χ1n) is 5.25. The molecule has 1 aromatic heterocycles. The molecule has 1 aromatic carbocycles. The Hall–Kier alpha value is -0.650. The van der Waals surface area contributed by atoms with Crippen LogP contribution in [0.5, 0.6) is 0 Å². The first-order valence-corrected chi connectivity index (χ1v) is 6.83. The first-order chi connectivity index (χ1) is 8.19. The van der Waals surface area contributed by atoms with Crippen LogP contribution < -0.4 is 5.32 Å². The Kier molecular flexibility index (Phi) is 4.36. The van der Waals surface area contributed by atoms with E-state index < -0.39 is 0 Å². The van der Waals surface area contributed by atoms with Crippen molar-refractivity contribution in [1.29, 1.82) is 0 Å². The molecule has 1 N–H and O–H groups in total. The van der Waals surface area contributed by atoms with E-state index in [1.807, 2.05) is 25.2 Å². The molecule has 3 nitrogen and oxygen atoms in total. The molecule has 0 amide bonds. The number of halogens is 2. The molecule has 0 aliphatic rings. The minimum Gasteiger partial charge on any atom is -0.441 e. The molecular weight excluding hydrogens is 348 g/mol. The molecule has 0 bridgehead atoms. The van der Waals surface area contributed by atoms with Crippen LogP contribution in [0.1, 0.15) is 5.89 Å². The van der Waals surface area contributed by atoms with E-state index in [0.717, 1.165) is 39.1 Å². The van der Waals surface area contributed by atoms with Gasteiger partial charge in [0.25, 0.3) is 0 Å². The van der Waals surface area contributed by atoms with E-state index in [2.05, 4.69) is 42.2 Å². The Balaban J connectivity index is 2.24. The van der Waals surface area contributed by atoms with Crippen molar-refractivity contribution in [3.05, 3.63) is 39.2 Å². The quantitative estimate of drug-likeness (QED) is 0.905. The van der Waals surface area contributed by atoms with Crippen LogP contribution in [-0.4, -0.2) is 18.6 Å². The zero-order valence-corrected chi connectivity index (χ0v) is 12.5. The summed E-state index contributed by atoms with van der Waals surface area (Å²) < 4.78 is 7.71. The first kappa shape index (κ1) is 12.8. The maximum absolute atomic E-state index is 5.69. The predicted octanol–water partition coefficient (Wildman–Crippen LogP) is 3.63. The van der Waals surface area contributed by atoms with E-state index in [0.29, 0.717) is 0 Å². The van der Waals surface area contributed by atoms with E-state index in [-0.39, 0.29) is 0 Å². The predicted molar refractivity (Wildman–Crippen MR) is 75.0 cm³/mol. The number of oxazole rings is 1. The van der Waals surface area contributed by atoms with Gasteiger partial charge in [-0.25, -0.2) is 4.98 Å². The third kappa shape index (κ3) is 3.40. The van der Waals surface area contributed by atoms with E-state index >= 15 is 0 Å². The number of hydrogen-bond donors (Lipinski definition) is 1. The molecule has 0 aliphatic carbocycles. The molecule has 0 aliphatic heterocycles. The Labute approximate surface area is 117 Å². The van der Waals surface area contributed by atoms with Crippen LogP contribution in [0.2, 0.25) is 0 Å². The number of benzene rings is 1. The average molecular weight is 360 g/mol. The minimum atomic E-state index is 0.755. The van der Waals surface area contributed by atoms with Gasteiger partial charge in [0.05, 0.1) is 6.20 Å². The molecule has 17 heavy (non-hydrogen) atoms. The van der Waals surface area contributed by atoms with Crippen LogP contribution >= 0.6 is 31.9 Å². The van der Waals surface area contributed by atoms with Gasteiger partial charge in [-0.15, -0.1) is 0 Å². The van der Waals surface area contributed by atoms with Crippen molar-refractivity contribution >= 4 is 31.9 Å². The highest BCUT2D eigenvalue weighted by atomic mass is 79.9. The number of nitrogens with one attached hydrogen (secondary N) is 1. The summed E-state index contributed by atoms with van der Waals surface area (Å²) in [6.45, 7) is 0.863. The molecule has 2 rings (SSSR count). The molecule has 0 radical (unpaired) electrons. The number of aromatic nitrogens is 1. The Morgan fingerprint density at radius 2 is 1.94 bits per heavy atom. The van der Waals surface area contributed by atoms with Crippen LogP contribution in [0.15, 0.2) is 37.8 Å². The second-order valence-corrected chi connectivity index (χ2v) is 5.46. The van der Waals surface area contributed by atoms with Crippen molar-refractivity contribution in [2.75, 3.05) is 13.6 Å². The third-order valence-electron chi connectivity index (χ3n) is 2.29. The summed E-state index contributed by atoms with van der Waals surface area (Å²) in [5, 5.41) is 3.07. The molecule has 0 saturated heterocycles. The molecule has 90 valence electrons. The lowest BCUT2D eigenvalue weighted by Crippen LogP contribution is -2.10. The zero-order valence-electron chi connectivity index (χ0n) is 9.34. The minimum absolute atomic E-state index is 0.755. The van der Waals surface area contributed by atoms with E-state index in [1.165, 1.54) is 0 Å². The normalized spacial score (nSPS) is 10.8. The van der Waals surface area contributed by atoms with Crippen molar-refractivity contribution < 1.29 is 4.42 Å². The zero-order chi connectivity index (χ0) is 12.3. The number of rotatable bonds is 4. The molecule has 0 fully saturated rings. The molecular formula is C12H12Br2N2O. The van der Waals surface area contributed by atoms with Gasteiger partial charge in [-0.1, -0.05) is 31.9 Å². The van der Waals surface area contributed by atoms with Gasteiger partial charge in [-0.05, 0) is 25.2 Å². The number of likely N-dealkylation sites (N-methyl/N-ethyl adjacent to an activating group) is 1. The van der Waals surface area contributed by atoms with Crippen molar-refractivity contribution in [3.63, 3.8) is 0 Å². The van der Waals surface area contributed by atoms with Crippen molar-refractivity contribution in [1.82, 2.24) is 10.3 Å². The SMILES string of the molecule is CNCCc1ncc(-c2cc(Br)cc(Br)c2)o1. The second-order valence-electron chi connectivity index (χ2n) is 3.63. The molecule has 0 spiro atoms. The van der Waals surface area contributed by atoms with Crippen LogP contribution in [0.3, 0.4) is 0 Å². The summed E-state index contributed by atoms with van der Waals surface area (Å²) in [5.74, 6) is 1.54. The van der Waals surface area contributed by atoms with Crippen LogP contribution in [-0.2, 0) is 6.42 Å². The van der Waals surface area contributed by atoms with E-state index in [1.54, 1.807) is 6.20 Å². The highest BCUT2D eigenvalue weighted by molar-refractivity contribution is 9.11. The van der Waals surface area contributed by atoms with Crippen LogP contribution in [0.4, 0.5) is 0 Å². The Morgan fingerprint density at radius 1 is 1.24 bits per heavy atom. The highest BCUT2D eigenvalue weighted by Crippen LogP contribution is 2.28. The molecule has 1 heterocycles. The Bertz CT molecular complexity index is 491. The molecule has 5 heteroatoms. The van der Waals surface area contributed by atoms with Gasteiger partial charge in [0.2, 0.25) is 0 Å². The van der Waals surface area contributed by atoms with Gasteiger partial charge in [0, 0.05) is 27.5 Å². The van der Waals surface area contributed by atoms with E-state index in [9.17, 15) is 0 Å². The second kappa shape index (κ2) is 5.80. The highest BCUT2D eigenvalue weighted by Gasteiger charge is 2.07. The van der Waals surface area contributed by atoms with Crippen LogP contribution in [0.25, 0.3) is 11.3 Å². The summed E-state index contributed by atoms with van der Waals surface area (Å²) in [7, 11) is 1.91. The molecule has 0 unspecified atom stereocenters. The smallest absolute Gasteiger partial charge is 0.196 e. The molecule has 0 atom stereocenters. The number of nitrogens with zero attached hydrogens (tertiary/aromatic N) is 1. The van der Waals surface area contributed by atoms with Gasteiger partial charge in [-0.2, -0.15) is 0 Å². The van der Waals surface area contributed by atoms with Crippen molar-refractivity contribution in [2.24, 2.45) is 0 Å². The fourth-order valence-electron chi connectivity index (χ4n) is 1.49. The average Bonchev–Trinajstić information content (AvgIpc) is 2.73. The summed E-state index contributed by atoms with van der Waals surface area (Å²) in [6, 6.07) is 6.00. The van der Waals surface area contributed by atoms with Crippen molar-refractivity contribution in [3.8, 4) is 11.3 Å². The van der Waals surface area contributed by atoms with E-state index in [4.69, 9.17) is 4.42 Å². The largest absolute Gasteiger partial charge is 0.441 e. The standard InChI is InChI=1S/C12H12Br2N2O/c1-15-3-2-12-16-7-11(17-12)8-4-9(13)6-10(14)5-8/h4-7,15H,2-3H2,1H3. The summed E-state index contributed by atoms with van der Waals surface area (Å²) in [5.41, 5.74) is 1.01. The maximum atomic E-state index is 5.69. The monoisotopic (exact) mass is 358 g/mol. The summed E-state index contributed by atoms with van der Waals surface area (Å²) >= 11 is 6.91. The lowest BCUT2D eigenvalue weighted by Gasteiger charge is -1.99.